The number of H-pyrrole nitrogens is 1. The second-order valence-electron chi connectivity index (χ2n) is 4.46. The molecule has 0 bridgehead atoms. The van der Waals surface area contributed by atoms with Crippen molar-refractivity contribution in [2.24, 2.45) is 0 Å². The summed E-state index contributed by atoms with van der Waals surface area (Å²) in [5.74, 6) is 0.252. The smallest absolute Gasteiger partial charge is 0.255 e. The molecule has 7 heteroatoms. The van der Waals surface area contributed by atoms with E-state index in [4.69, 9.17) is 5.26 Å². The highest BCUT2D eigenvalue weighted by atomic mass is 16.1. The van der Waals surface area contributed by atoms with E-state index in [9.17, 15) is 4.79 Å². The van der Waals surface area contributed by atoms with E-state index < -0.39 is 0 Å². The number of rotatable bonds is 3. The molecular formula is C15H10N6O. The standard InChI is InChI=1S/C15H10N6O/c16-9-10-1-3-12(4-2-10)15(22)17-13-7-5-11(6-8-13)14-18-20-21-19-14/h1-8H,(H,17,22)(H,18,19,20,21). The van der Waals surface area contributed by atoms with Gasteiger partial charge in [-0.15, -0.1) is 10.2 Å². The van der Waals surface area contributed by atoms with Crippen LogP contribution in [0.15, 0.2) is 48.5 Å². The highest BCUT2D eigenvalue weighted by molar-refractivity contribution is 6.04. The number of tetrazole rings is 1. The molecule has 0 unspecified atom stereocenters. The Balaban J connectivity index is 1.72. The summed E-state index contributed by atoms with van der Waals surface area (Å²) in [5, 5.41) is 25.2. The molecule has 3 rings (SSSR count). The fourth-order valence-corrected chi connectivity index (χ4v) is 1.89. The van der Waals surface area contributed by atoms with Crippen LogP contribution in [0.4, 0.5) is 5.69 Å². The Hall–Kier alpha value is -3.53. The van der Waals surface area contributed by atoms with Crippen molar-refractivity contribution in [3.8, 4) is 17.5 Å². The maximum atomic E-state index is 12.1. The van der Waals surface area contributed by atoms with Crippen LogP contribution in [0.25, 0.3) is 11.4 Å². The van der Waals surface area contributed by atoms with Gasteiger partial charge >= 0.3 is 0 Å². The zero-order valence-corrected chi connectivity index (χ0v) is 11.3. The van der Waals surface area contributed by atoms with Crippen LogP contribution in [0.3, 0.4) is 0 Å². The lowest BCUT2D eigenvalue weighted by Gasteiger charge is -2.05. The van der Waals surface area contributed by atoms with Crippen LogP contribution in [0.5, 0.6) is 0 Å². The second kappa shape index (κ2) is 5.85. The van der Waals surface area contributed by atoms with E-state index in [0.717, 1.165) is 5.56 Å². The Kier molecular flexibility index (Phi) is 3.58. The van der Waals surface area contributed by atoms with E-state index in [-0.39, 0.29) is 5.91 Å². The Morgan fingerprint density at radius 1 is 1.09 bits per heavy atom. The summed E-state index contributed by atoms with van der Waals surface area (Å²) in [6.45, 7) is 0. The molecule has 7 nitrogen and oxygen atoms in total. The number of anilines is 1. The molecule has 106 valence electrons. The van der Waals surface area contributed by atoms with Gasteiger partial charge in [-0.2, -0.15) is 10.5 Å². The van der Waals surface area contributed by atoms with Crippen molar-refractivity contribution < 1.29 is 4.79 Å². The monoisotopic (exact) mass is 290 g/mol. The van der Waals surface area contributed by atoms with E-state index in [1.165, 1.54) is 0 Å². The molecule has 0 spiro atoms. The molecule has 0 fully saturated rings. The molecule has 0 atom stereocenters. The van der Waals surface area contributed by atoms with Gasteiger partial charge < -0.3 is 5.32 Å². The quantitative estimate of drug-likeness (QED) is 0.767. The average molecular weight is 290 g/mol. The minimum Gasteiger partial charge on any atom is -0.322 e. The van der Waals surface area contributed by atoms with Gasteiger partial charge in [-0.1, -0.05) is 0 Å². The molecule has 0 radical (unpaired) electrons. The van der Waals surface area contributed by atoms with Crippen LogP contribution >= 0.6 is 0 Å². The molecule has 0 aliphatic carbocycles. The van der Waals surface area contributed by atoms with E-state index in [2.05, 4.69) is 25.9 Å². The van der Waals surface area contributed by atoms with Crippen LogP contribution < -0.4 is 5.32 Å². The summed E-state index contributed by atoms with van der Waals surface area (Å²) in [4.78, 5) is 12.1. The molecular weight excluding hydrogens is 280 g/mol. The Morgan fingerprint density at radius 2 is 1.82 bits per heavy atom. The Morgan fingerprint density at radius 3 is 2.41 bits per heavy atom. The van der Waals surface area contributed by atoms with Crippen LogP contribution in [-0.2, 0) is 0 Å². The zero-order chi connectivity index (χ0) is 15.4. The predicted molar refractivity (Wildman–Crippen MR) is 78.7 cm³/mol. The molecule has 0 saturated carbocycles. The first-order chi connectivity index (χ1) is 10.8. The van der Waals surface area contributed by atoms with Crippen molar-refractivity contribution in [3.63, 3.8) is 0 Å². The van der Waals surface area contributed by atoms with Gasteiger partial charge in [-0.3, -0.25) is 4.79 Å². The molecule has 1 heterocycles. The lowest BCUT2D eigenvalue weighted by Crippen LogP contribution is -2.11. The molecule has 0 saturated heterocycles. The molecule has 0 aliphatic heterocycles. The summed E-state index contributed by atoms with van der Waals surface area (Å²) in [7, 11) is 0. The lowest BCUT2D eigenvalue weighted by molar-refractivity contribution is 0.102. The van der Waals surface area contributed by atoms with Crippen LogP contribution in [0.1, 0.15) is 15.9 Å². The second-order valence-corrected chi connectivity index (χ2v) is 4.46. The highest BCUT2D eigenvalue weighted by Crippen LogP contribution is 2.17. The van der Waals surface area contributed by atoms with Crippen molar-refractivity contribution in [1.29, 1.82) is 5.26 Å². The summed E-state index contributed by atoms with van der Waals surface area (Å²) >= 11 is 0. The number of nitrogens with zero attached hydrogens (tertiary/aromatic N) is 4. The topological polar surface area (TPSA) is 107 Å². The summed E-state index contributed by atoms with van der Waals surface area (Å²) in [6, 6.07) is 15.5. The SMILES string of the molecule is N#Cc1ccc(C(=O)Nc2ccc(-c3nn[nH]n3)cc2)cc1. The largest absolute Gasteiger partial charge is 0.322 e. The third-order valence-electron chi connectivity index (χ3n) is 3.02. The van der Waals surface area contributed by atoms with Gasteiger partial charge in [-0.25, -0.2) is 0 Å². The third-order valence-corrected chi connectivity index (χ3v) is 3.02. The molecule has 1 aromatic heterocycles. The van der Waals surface area contributed by atoms with E-state index in [1.807, 2.05) is 6.07 Å². The number of hydrogen-bond acceptors (Lipinski definition) is 5. The summed E-state index contributed by atoms with van der Waals surface area (Å²) in [5.41, 5.74) is 2.45. The number of aromatic nitrogens is 4. The van der Waals surface area contributed by atoms with Crippen molar-refractivity contribution in [3.05, 3.63) is 59.7 Å². The lowest BCUT2D eigenvalue weighted by atomic mass is 10.1. The molecule has 22 heavy (non-hydrogen) atoms. The van der Waals surface area contributed by atoms with Crippen molar-refractivity contribution in [1.82, 2.24) is 20.6 Å². The first-order valence-corrected chi connectivity index (χ1v) is 6.41. The first kappa shape index (κ1) is 13.5. The molecule has 1 amide bonds. The highest BCUT2D eigenvalue weighted by Gasteiger charge is 2.07. The van der Waals surface area contributed by atoms with Crippen molar-refractivity contribution in [2.45, 2.75) is 0 Å². The number of amides is 1. The summed E-state index contributed by atoms with van der Waals surface area (Å²) in [6.07, 6.45) is 0. The van der Waals surface area contributed by atoms with Gasteiger partial charge in [0.2, 0.25) is 5.82 Å². The fraction of sp³-hybridized carbons (Fsp3) is 0. The first-order valence-electron chi connectivity index (χ1n) is 6.41. The fourth-order valence-electron chi connectivity index (χ4n) is 1.89. The maximum absolute atomic E-state index is 12.1. The predicted octanol–water partition coefficient (Wildman–Crippen LogP) is 1.99. The summed E-state index contributed by atoms with van der Waals surface area (Å²) < 4.78 is 0. The number of benzene rings is 2. The van der Waals surface area contributed by atoms with Gasteiger partial charge in [0.05, 0.1) is 11.6 Å². The van der Waals surface area contributed by atoms with Gasteiger partial charge in [0.15, 0.2) is 0 Å². The number of carbonyl (C=O) groups is 1. The Bertz CT molecular complexity index is 816. The molecule has 3 aromatic rings. The van der Waals surface area contributed by atoms with Crippen molar-refractivity contribution >= 4 is 11.6 Å². The molecule has 2 N–H and O–H groups in total. The van der Waals surface area contributed by atoms with Gasteiger partial charge in [-0.05, 0) is 53.7 Å². The van der Waals surface area contributed by atoms with E-state index in [1.54, 1.807) is 48.5 Å². The minimum absolute atomic E-state index is 0.239. The van der Waals surface area contributed by atoms with Crippen molar-refractivity contribution in [2.75, 3.05) is 5.32 Å². The zero-order valence-electron chi connectivity index (χ0n) is 11.3. The number of nitrogens with one attached hydrogen (secondary N) is 2. The van der Waals surface area contributed by atoms with Crippen LogP contribution in [0.2, 0.25) is 0 Å². The van der Waals surface area contributed by atoms with E-state index >= 15 is 0 Å². The molecule has 2 aromatic carbocycles. The van der Waals surface area contributed by atoms with E-state index in [0.29, 0.717) is 22.6 Å². The number of hydrogen-bond donors (Lipinski definition) is 2. The third kappa shape index (κ3) is 2.81. The van der Waals surface area contributed by atoms with Gasteiger partial charge in [0.25, 0.3) is 5.91 Å². The normalized spacial score (nSPS) is 9.95. The van der Waals surface area contributed by atoms with Crippen LogP contribution in [-0.4, -0.2) is 26.5 Å². The maximum Gasteiger partial charge on any atom is 0.255 e. The van der Waals surface area contributed by atoms with Gasteiger partial charge in [0.1, 0.15) is 0 Å². The van der Waals surface area contributed by atoms with Gasteiger partial charge in [0, 0.05) is 16.8 Å². The molecule has 0 aliphatic rings. The Labute approximate surface area is 125 Å². The number of aromatic amines is 1. The minimum atomic E-state index is -0.239. The average Bonchev–Trinajstić information content (AvgIpc) is 3.10. The number of nitriles is 1. The van der Waals surface area contributed by atoms with Crippen LogP contribution in [0, 0.1) is 11.3 Å². The number of carbonyl (C=O) groups excluding carboxylic acids is 1.